The molecule has 0 unspecified atom stereocenters. The van der Waals surface area contributed by atoms with Gasteiger partial charge >= 0.3 is 5.97 Å². The van der Waals surface area contributed by atoms with Crippen LogP contribution in [0.3, 0.4) is 0 Å². The number of aromatic carboxylic acids is 1. The largest absolute Gasteiger partial charge is 0.478 e. The molecule has 0 atom stereocenters. The fraction of sp³-hybridized carbons (Fsp3) is 0.320. The smallest absolute Gasteiger partial charge is 0.336 e. The second-order valence-electron chi connectivity index (χ2n) is 8.67. The number of halogens is 1. The van der Waals surface area contributed by atoms with Crippen LogP contribution in [-0.2, 0) is 4.79 Å². The molecule has 0 radical (unpaired) electrons. The zero-order chi connectivity index (χ0) is 23.5. The predicted octanol–water partition coefficient (Wildman–Crippen LogP) is 4.90. The lowest BCUT2D eigenvalue weighted by Gasteiger charge is -2.37. The molecule has 1 aliphatic heterocycles. The number of pyridine rings is 1. The minimum Gasteiger partial charge on any atom is -0.478 e. The molecule has 0 bridgehead atoms. The number of nitrogens with one attached hydrogen (secondary N) is 1. The van der Waals surface area contributed by atoms with Gasteiger partial charge in [0.15, 0.2) is 0 Å². The van der Waals surface area contributed by atoms with Crippen molar-refractivity contribution < 1.29 is 14.7 Å². The fourth-order valence-corrected chi connectivity index (χ4v) is 4.26. The fourth-order valence-electron chi connectivity index (χ4n) is 4.08. The normalized spacial score (nSPS) is 14.1. The first-order valence-electron chi connectivity index (χ1n) is 11.0. The SMILES string of the molecule is CC(C)CC(=O)Nc1ccc2nc(N3CCN(c4cccc(Cl)c4)CC3)cc(C(=O)O)c2c1. The Hall–Kier alpha value is -3.32. The van der Waals surface area contributed by atoms with Gasteiger partial charge in [-0.05, 0) is 48.4 Å². The lowest BCUT2D eigenvalue weighted by atomic mass is 10.1. The van der Waals surface area contributed by atoms with Crippen LogP contribution in [0.2, 0.25) is 5.02 Å². The average Bonchev–Trinajstić information content (AvgIpc) is 2.78. The van der Waals surface area contributed by atoms with Crippen LogP contribution >= 0.6 is 11.6 Å². The number of carboxylic acids is 1. The molecule has 172 valence electrons. The molecule has 0 spiro atoms. The van der Waals surface area contributed by atoms with E-state index < -0.39 is 5.97 Å². The highest BCUT2D eigenvalue weighted by atomic mass is 35.5. The summed E-state index contributed by atoms with van der Waals surface area (Å²) in [4.78, 5) is 33.3. The monoisotopic (exact) mass is 466 g/mol. The van der Waals surface area contributed by atoms with E-state index in [4.69, 9.17) is 16.6 Å². The van der Waals surface area contributed by atoms with Gasteiger partial charge in [-0.1, -0.05) is 31.5 Å². The molecule has 1 fully saturated rings. The van der Waals surface area contributed by atoms with Gasteiger partial charge in [0.1, 0.15) is 5.82 Å². The Morgan fingerprint density at radius 3 is 2.45 bits per heavy atom. The van der Waals surface area contributed by atoms with Crippen LogP contribution in [0.5, 0.6) is 0 Å². The van der Waals surface area contributed by atoms with Crippen LogP contribution in [0, 0.1) is 5.92 Å². The van der Waals surface area contributed by atoms with Crippen molar-refractivity contribution in [2.24, 2.45) is 5.92 Å². The quantitative estimate of drug-likeness (QED) is 0.537. The molecule has 4 rings (SSSR count). The molecule has 1 aliphatic rings. The number of carbonyl (C=O) groups excluding carboxylic acids is 1. The molecule has 2 aromatic carbocycles. The molecule has 1 aromatic heterocycles. The number of aromatic nitrogens is 1. The van der Waals surface area contributed by atoms with E-state index in [1.807, 2.05) is 38.1 Å². The number of hydrogen-bond donors (Lipinski definition) is 2. The van der Waals surface area contributed by atoms with Crippen molar-refractivity contribution in [2.45, 2.75) is 20.3 Å². The highest BCUT2D eigenvalue weighted by Gasteiger charge is 2.21. The van der Waals surface area contributed by atoms with Crippen LogP contribution in [-0.4, -0.2) is 48.1 Å². The zero-order valence-electron chi connectivity index (χ0n) is 18.7. The third kappa shape index (κ3) is 5.37. The van der Waals surface area contributed by atoms with E-state index in [-0.39, 0.29) is 17.4 Å². The minimum atomic E-state index is -1.02. The average molecular weight is 467 g/mol. The first-order chi connectivity index (χ1) is 15.8. The Kier molecular flexibility index (Phi) is 6.70. The van der Waals surface area contributed by atoms with Gasteiger partial charge in [0.25, 0.3) is 0 Å². The number of piperazine rings is 1. The van der Waals surface area contributed by atoms with Gasteiger partial charge in [-0.3, -0.25) is 4.79 Å². The lowest BCUT2D eigenvalue weighted by Crippen LogP contribution is -2.46. The third-order valence-corrected chi connectivity index (χ3v) is 5.92. The van der Waals surface area contributed by atoms with Crippen molar-refractivity contribution in [3.63, 3.8) is 0 Å². The number of fused-ring (bicyclic) bond motifs is 1. The van der Waals surface area contributed by atoms with Gasteiger partial charge in [0.2, 0.25) is 5.91 Å². The summed E-state index contributed by atoms with van der Waals surface area (Å²) in [5.74, 6) is -0.235. The zero-order valence-corrected chi connectivity index (χ0v) is 19.5. The topological polar surface area (TPSA) is 85.8 Å². The number of anilines is 3. The number of carboxylic acid groups (broad SMARTS) is 1. The van der Waals surface area contributed by atoms with Crippen molar-refractivity contribution >= 4 is 51.6 Å². The molecule has 1 amide bonds. The summed E-state index contributed by atoms with van der Waals surface area (Å²) in [5.41, 5.74) is 2.41. The molecule has 2 heterocycles. The van der Waals surface area contributed by atoms with E-state index in [2.05, 4.69) is 15.1 Å². The van der Waals surface area contributed by atoms with E-state index in [0.717, 1.165) is 18.8 Å². The highest BCUT2D eigenvalue weighted by Crippen LogP contribution is 2.28. The van der Waals surface area contributed by atoms with Gasteiger partial charge in [0.05, 0.1) is 11.1 Å². The van der Waals surface area contributed by atoms with Crippen LogP contribution in [0.1, 0.15) is 30.6 Å². The molecule has 0 aliphatic carbocycles. The van der Waals surface area contributed by atoms with Crippen molar-refractivity contribution in [1.82, 2.24) is 4.98 Å². The molecular weight excluding hydrogens is 440 g/mol. The number of carbonyl (C=O) groups is 2. The van der Waals surface area contributed by atoms with Gasteiger partial charge in [-0.2, -0.15) is 0 Å². The second-order valence-corrected chi connectivity index (χ2v) is 9.10. The molecule has 1 saturated heterocycles. The van der Waals surface area contributed by atoms with Crippen LogP contribution < -0.4 is 15.1 Å². The summed E-state index contributed by atoms with van der Waals surface area (Å²) in [6.45, 7) is 6.94. The summed E-state index contributed by atoms with van der Waals surface area (Å²) in [6, 6.07) is 14.6. The third-order valence-electron chi connectivity index (χ3n) is 5.68. The molecule has 0 saturated carbocycles. The number of nitrogens with zero attached hydrogens (tertiary/aromatic N) is 3. The summed E-state index contributed by atoms with van der Waals surface area (Å²) >= 11 is 6.13. The first-order valence-corrected chi connectivity index (χ1v) is 11.4. The lowest BCUT2D eigenvalue weighted by molar-refractivity contribution is -0.116. The Labute approximate surface area is 198 Å². The van der Waals surface area contributed by atoms with Crippen molar-refractivity contribution in [3.05, 3.63) is 59.1 Å². The van der Waals surface area contributed by atoms with E-state index >= 15 is 0 Å². The molecule has 33 heavy (non-hydrogen) atoms. The Balaban J connectivity index is 1.56. The van der Waals surface area contributed by atoms with E-state index in [0.29, 0.717) is 46.9 Å². The number of hydrogen-bond acceptors (Lipinski definition) is 5. The maximum Gasteiger partial charge on any atom is 0.336 e. The van der Waals surface area contributed by atoms with E-state index in [1.165, 1.54) is 0 Å². The van der Waals surface area contributed by atoms with E-state index in [1.54, 1.807) is 24.3 Å². The van der Waals surface area contributed by atoms with Crippen LogP contribution in [0.25, 0.3) is 10.9 Å². The number of rotatable bonds is 6. The van der Waals surface area contributed by atoms with Crippen molar-refractivity contribution in [3.8, 4) is 0 Å². The van der Waals surface area contributed by atoms with E-state index in [9.17, 15) is 14.7 Å². The predicted molar refractivity (Wildman–Crippen MR) is 133 cm³/mol. The van der Waals surface area contributed by atoms with Crippen molar-refractivity contribution in [1.29, 1.82) is 0 Å². The summed E-state index contributed by atoms with van der Waals surface area (Å²) in [6.07, 6.45) is 0.405. The molecule has 8 heteroatoms. The van der Waals surface area contributed by atoms with Crippen LogP contribution in [0.4, 0.5) is 17.2 Å². The molecule has 2 N–H and O–H groups in total. The number of benzene rings is 2. The molecular formula is C25H27ClN4O3. The minimum absolute atomic E-state index is 0.0941. The Bertz CT molecular complexity index is 1190. The molecule has 7 nitrogen and oxygen atoms in total. The highest BCUT2D eigenvalue weighted by molar-refractivity contribution is 6.30. The van der Waals surface area contributed by atoms with Crippen LogP contribution in [0.15, 0.2) is 48.5 Å². The summed E-state index contributed by atoms with van der Waals surface area (Å²) in [7, 11) is 0. The second kappa shape index (κ2) is 9.67. The Morgan fingerprint density at radius 2 is 1.79 bits per heavy atom. The van der Waals surface area contributed by atoms with Gasteiger partial charge in [-0.25, -0.2) is 9.78 Å². The van der Waals surface area contributed by atoms with Crippen molar-refractivity contribution in [2.75, 3.05) is 41.3 Å². The van der Waals surface area contributed by atoms with Gasteiger partial charge < -0.3 is 20.2 Å². The van der Waals surface area contributed by atoms with Gasteiger partial charge in [0, 0.05) is 54.4 Å². The molecule has 3 aromatic rings. The Morgan fingerprint density at radius 1 is 1.06 bits per heavy atom. The first kappa shape index (κ1) is 22.9. The number of amides is 1. The maximum atomic E-state index is 12.1. The summed E-state index contributed by atoms with van der Waals surface area (Å²) < 4.78 is 0. The van der Waals surface area contributed by atoms with Gasteiger partial charge in [-0.15, -0.1) is 0 Å². The summed E-state index contributed by atoms with van der Waals surface area (Å²) in [5, 5.41) is 13.9. The standard InChI is InChI=1S/C25H27ClN4O3/c1-16(2)12-24(31)27-18-6-7-22-20(14-18)21(25(32)33)15-23(28-22)30-10-8-29(9-11-30)19-5-3-4-17(26)13-19/h3-7,13-16H,8-12H2,1-2H3,(H,27,31)(H,32,33). The maximum absolute atomic E-state index is 12.1.